The molecule has 14 heavy (non-hydrogen) atoms. The van der Waals surface area contributed by atoms with Crippen molar-refractivity contribution in [3.05, 3.63) is 29.8 Å². The fourth-order valence-corrected chi connectivity index (χ4v) is 1.14. The minimum Gasteiger partial charge on any atom is -0.287 e. The van der Waals surface area contributed by atoms with E-state index in [2.05, 4.69) is 18.7 Å². The molecule has 0 radical (unpaired) electrons. The molecule has 1 aromatic carbocycles. The molecule has 3 heteroatoms. The monoisotopic (exact) mass is 194 g/mol. The first-order valence-electron chi connectivity index (χ1n) is 4.55. The third-order valence-corrected chi connectivity index (χ3v) is 1.79. The van der Waals surface area contributed by atoms with Gasteiger partial charge in [-0.25, -0.2) is 4.79 Å². The normalized spacial score (nSPS) is 10.0. The van der Waals surface area contributed by atoms with Gasteiger partial charge in [-0.3, -0.25) is 9.78 Å². The first-order chi connectivity index (χ1) is 6.61. The Morgan fingerprint density at radius 3 is 2.50 bits per heavy atom. The molecule has 0 heterocycles. The highest BCUT2D eigenvalue weighted by atomic mass is 17.2. The van der Waals surface area contributed by atoms with Crippen LogP contribution < -0.4 is 4.89 Å². The Hall–Kier alpha value is -1.51. The van der Waals surface area contributed by atoms with E-state index in [1.54, 1.807) is 6.07 Å². The number of carbonyl (C=O) groups excluding carboxylic acids is 1. The standard InChI is InChI=1S/C11H14O3/c1-8(2)10-6-4-5-7-11(10)14-13-9(3)12/h4-8H,1-3H3. The zero-order chi connectivity index (χ0) is 10.6. The highest BCUT2D eigenvalue weighted by molar-refractivity contribution is 5.65. The third-order valence-electron chi connectivity index (χ3n) is 1.79. The number of carbonyl (C=O) groups is 1. The van der Waals surface area contributed by atoms with E-state index in [0.29, 0.717) is 11.7 Å². The summed E-state index contributed by atoms with van der Waals surface area (Å²) in [6.07, 6.45) is 0. The van der Waals surface area contributed by atoms with E-state index in [0.717, 1.165) is 5.56 Å². The van der Waals surface area contributed by atoms with Crippen molar-refractivity contribution in [1.29, 1.82) is 0 Å². The molecule has 1 aromatic rings. The molecule has 0 amide bonds. The van der Waals surface area contributed by atoms with Gasteiger partial charge in [0.25, 0.3) is 0 Å². The molecule has 0 atom stereocenters. The summed E-state index contributed by atoms with van der Waals surface area (Å²) in [5.41, 5.74) is 1.02. The average molecular weight is 194 g/mol. The van der Waals surface area contributed by atoms with Gasteiger partial charge in [0.15, 0.2) is 5.75 Å². The van der Waals surface area contributed by atoms with Gasteiger partial charge in [0.05, 0.1) is 0 Å². The zero-order valence-electron chi connectivity index (χ0n) is 8.61. The van der Waals surface area contributed by atoms with Crippen molar-refractivity contribution in [2.75, 3.05) is 0 Å². The average Bonchev–Trinajstić information content (AvgIpc) is 2.15. The Balaban J connectivity index is 2.79. The van der Waals surface area contributed by atoms with Crippen molar-refractivity contribution in [3.63, 3.8) is 0 Å². The molecule has 0 N–H and O–H groups in total. The lowest BCUT2D eigenvalue weighted by molar-refractivity contribution is -0.211. The Kier molecular flexibility index (Phi) is 3.51. The molecule has 0 unspecified atom stereocenters. The lowest BCUT2D eigenvalue weighted by atomic mass is 10.0. The van der Waals surface area contributed by atoms with E-state index in [9.17, 15) is 4.79 Å². The van der Waals surface area contributed by atoms with Crippen LogP contribution in [0.3, 0.4) is 0 Å². The number of benzene rings is 1. The van der Waals surface area contributed by atoms with Gasteiger partial charge < -0.3 is 0 Å². The number of rotatable bonds is 3. The van der Waals surface area contributed by atoms with Crippen LogP contribution in [0.4, 0.5) is 0 Å². The zero-order valence-corrected chi connectivity index (χ0v) is 8.61. The van der Waals surface area contributed by atoms with Gasteiger partial charge in [0, 0.05) is 12.5 Å². The summed E-state index contributed by atoms with van der Waals surface area (Å²) in [4.78, 5) is 19.9. The minimum atomic E-state index is -0.455. The summed E-state index contributed by atoms with van der Waals surface area (Å²) in [7, 11) is 0. The Morgan fingerprint density at radius 1 is 1.29 bits per heavy atom. The molecule has 3 nitrogen and oxygen atoms in total. The summed E-state index contributed by atoms with van der Waals surface area (Å²) in [6, 6.07) is 7.49. The SMILES string of the molecule is CC(=O)OOc1ccccc1C(C)C. The van der Waals surface area contributed by atoms with Gasteiger partial charge in [0.2, 0.25) is 0 Å². The minimum absolute atomic E-state index is 0.335. The predicted molar refractivity (Wildman–Crippen MR) is 52.9 cm³/mol. The Morgan fingerprint density at radius 2 is 1.93 bits per heavy atom. The predicted octanol–water partition coefficient (Wildman–Crippen LogP) is 2.67. The van der Waals surface area contributed by atoms with Gasteiger partial charge in [-0.1, -0.05) is 32.0 Å². The topological polar surface area (TPSA) is 35.5 Å². The number of hydrogen-bond donors (Lipinski definition) is 0. The van der Waals surface area contributed by atoms with Crippen LogP contribution in [0, 0.1) is 0 Å². The molecule has 0 aliphatic carbocycles. The lowest BCUT2D eigenvalue weighted by Crippen LogP contribution is -2.05. The fraction of sp³-hybridized carbons (Fsp3) is 0.364. The van der Waals surface area contributed by atoms with Crippen molar-refractivity contribution in [2.45, 2.75) is 26.7 Å². The molecule has 0 aliphatic rings. The first kappa shape index (κ1) is 10.6. The van der Waals surface area contributed by atoms with E-state index >= 15 is 0 Å². The van der Waals surface area contributed by atoms with E-state index in [1.165, 1.54) is 6.92 Å². The summed E-state index contributed by atoms with van der Waals surface area (Å²) in [6.45, 7) is 5.41. The Labute approximate surface area is 83.6 Å². The molecule has 0 bridgehead atoms. The lowest BCUT2D eigenvalue weighted by Gasteiger charge is -2.10. The Bertz CT molecular complexity index is 318. The van der Waals surface area contributed by atoms with Crippen molar-refractivity contribution in [1.82, 2.24) is 0 Å². The molecule has 0 spiro atoms. The first-order valence-corrected chi connectivity index (χ1v) is 4.55. The van der Waals surface area contributed by atoms with Crippen molar-refractivity contribution < 1.29 is 14.6 Å². The molecule has 0 aliphatic heterocycles. The molecule has 0 fully saturated rings. The van der Waals surface area contributed by atoms with E-state index in [-0.39, 0.29) is 0 Å². The van der Waals surface area contributed by atoms with Crippen molar-refractivity contribution in [3.8, 4) is 5.75 Å². The highest BCUT2D eigenvalue weighted by Gasteiger charge is 2.08. The fourth-order valence-electron chi connectivity index (χ4n) is 1.14. The molecular formula is C11H14O3. The number of hydrogen-bond acceptors (Lipinski definition) is 3. The van der Waals surface area contributed by atoms with Crippen LogP contribution in [-0.2, 0) is 9.68 Å². The second-order valence-electron chi connectivity index (χ2n) is 3.35. The molecular weight excluding hydrogens is 180 g/mol. The molecule has 0 saturated carbocycles. The molecule has 0 saturated heterocycles. The molecule has 76 valence electrons. The largest absolute Gasteiger partial charge is 0.352 e. The molecule has 0 aromatic heterocycles. The van der Waals surface area contributed by atoms with Gasteiger partial charge >= 0.3 is 5.97 Å². The smallest absolute Gasteiger partial charge is 0.287 e. The van der Waals surface area contributed by atoms with Crippen molar-refractivity contribution >= 4 is 5.97 Å². The summed E-state index contributed by atoms with van der Waals surface area (Å²) in [5, 5.41) is 0. The molecule has 1 rings (SSSR count). The summed E-state index contributed by atoms with van der Waals surface area (Å²) >= 11 is 0. The highest BCUT2D eigenvalue weighted by Crippen LogP contribution is 2.25. The van der Waals surface area contributed by atoms with E-state index < -0.39 is 5.97 Å². The van der Waals surface area contributed by atoms with Crippen LogP contribution in [0.2, 0.25) is 0 Å². The summed E-state index contributed by atoms with van der Waals surface area (Å²) < 4.78 is 0. The van der Waals surface area contributed by atoms with Crippen LogP contribution >= 0.6 is 0 Å². The van der Waals surface area contributed by atoms with E-state index in [1.807, 2.05) is 18.2 Å². The van der Waals surface area contributed by atoms with Crippen LogP contribution in [0.25, 0.3) is 0 Å². The van der Waals surface area contributed by atoms with Gasteiger partial charge in [-0.15, -0.1) is 0 Å². The van der Waals surface area contributed by atoms with Crippen LogP contribution in [0.5, 0.6) is 5.75 Å². The number of para-hydroxylation sites is 1. The third kappa shape index (κ3) is 2.76. The quantitative estimate of drug-likeness (QED) is 0.548. The van der Waals surface area contributed by atoms with Crippen LogP contribution in [-0.4, -0.2) is 5.97 Å². The maximum Gasteiger partial charge on any atom is 0.352 e. The van der Waals surface area contributed by atoms with Crippen LogP contribution in [0.15, 0.2) is 24.3 Å². The van der Waals surface area contributed by atoms with Gasteiger partial charge in [-0.2, -0.15) is 0 Å². The van der Waals surface area contributed by atoms with Crippen LogP contribution in [0.1, 0.15) is 32.3 Å². The van der Waals surface area contributed by atoms with Gasteiger partial charge in [0.1, 0.15) is 0 Å². The van der Waals surface area contributed by atoms with E-state index in [4.69, 9.17) is 4.89 Å². The second-order valence-corrected chi connectivity index (χ2v) is 3.35. The van der Waals surface area contributed by atoms with Crippen molar-refractivity contribution in [2.24, 2.45) is 0 Å². The maximum atomic E-state index is 10.6. The second kappa shape index (κ2) is 4.65. The van der Waals surface area contributed by atoms with Gasteiger partial charge in [-0.05, 0) is 12.0 Å². The summed E-state index contributed by atoms with van der Waals surface area (Å²) in [5.74, 6) is 0.475. The maximum absolute atomic E-state index is 10.6.